The number of carboxylic acids is 1. The van der Waals surface area contributed by atoms with Gasteiger partial charge in [0, 0.05) is 31.5 Å². The predicted molar refractivity (Wildman–Crippen MR) is 70.7 cm³/mol. The lowest BCUT2D eigenvalue weighted by Crippen LogP contribution is -2.29. The third-order valence-corrected chi connectivity index (χ3v) is 2.92. The van der Waals surface area contributed by atoms with E-state index in [0.717, 1.165) is 11.4 Å². The summed E-state index contributed by atoms with van der Waals surface area (Å²) in [5.74, 6) is -1.20. The molecule has 2 unspecified atom stereocenters. The standard InChI is InChI=1S/C13H20N2O2/c1-9(13(16)17)10(2)14-11-5-7-12(8-6-11)15(3)4/h5-10,14H,1-4H3,(H,16,17). The molecule has 1 aromatic rings. The van der Waals surface area contributed by atoms with Gasteiger partial charge in [0.15, 0.2) is 0 Å². The van der Waals surface area contributed by atoms with Crippen molar-refractivity contribution < 1.29 is 9.90 Å². The smallest absolute Gasteiger partial charge is 0.308 e. The van der Waals surface area contributed by atoms with Gasteiger partial charge >= 0.3 is 5.97 Å². The largest absolute Gasteiger partial charge is 0.481 e. The Bertz CT molecular complexity index is 374. The van der Waals surface area contributed by atoms with Crippen LogP contribution in [0.3, 0.4) is 0 Å². The molecule has 94 valence electrons. The second-order valence-corrected chi connectivity index (χ2v) is 4.50. The molecule has 0 heterocycles. The first-order valence-corrected chi connectivity index (χ1v) is 5.68. The van der Waals surface area contributed by atoms with E-state index in [2.05, 4.69) is 5.32 Å². The van der Waals surface area contributed by atoms with Crippen molar-refractivity contribution in [1.82, 2.24) is 0 Å². The van der Waals surface area contributed by atoms with E-state index in [9.17, 15) is 4.79 Å². The molecule has 4 heteroatoms. The highest BCUT2D eigenvalue weighted by Gasteiger charge is 2.18. The van der Waals surface area contributed by atoms with Crippen LogP contribution in [0.25, 0.3) is 0 Å². The SMILES string of the molecule is CC(Nc1ccc(N(C)C)cc1)C(C)C(=O)O. The quantitative estimate of drug-likeness (QED) is 0.823. The van der Waals surface area contributed by atoms with E-state index in [1.54, 1.807) is 6.92 Å². The van der Waals surface area contributed by atoms with E-state index < -0.39 is 11.9 Å². The van der Waals surface area contributed by atoms with Crippen molar-refractivity contribution in [3.63, 3.8) is 0 Å². The van der Waals surface area contributed by atoms with Crippen molar-refractivity contribution in [3.05, 3.63) is 24.3 Å². The molecule has 0 aliphatic rings. The number of hydrogen-bond donors (Lipinski definition) is 2. The molecule has 0 bridgehead atoms. The molecule has 0 fully saturated rings. The van der Waals surface area contributed by atoms with Gasteiger partial charge in [-0.05, 0) is 38.1 Å². The summed E-state index contributed by atoms with van der Waals surface area (Å²) in [4.78, 5) is 12.8. The van der Waals surface area contributed by atoms with Crippen LogP contribution in [-0.4, -0.2) is 31.2 Å². The van der Waals surface area contributed by atoms with E-state index in [1.165, 1.54) is 0 Å². The molecule has 2 N–H and O–H groups in total. The monoisotopic (exact) mass is 236 g/mol. The Morgan fingerprint density at radius 1 is 1.24 bits per heavy atom. The number of carbonyl (C=O) groups is 1. The topological polar surface area (TPSA) is 52.6 Å². The zero-order valence-corrected chi connectivity index (χ0v) is 10.8. The number of aliphatic carboxylic acids is 1. The number of nitrogens with one attached hydrogen (secondary N) is 1. The van der Waals surface area contributed by atoms with Crippen LogP contribution < -0.4 is 10.2 Å². The number of carboxylic acid groups (broad SMARTS) is 1. The predicted octanol–water partition coefficient (Wildman–Crippen LogP) is 2.27. The van der Waals surface area contributed by atoms with Crippen LogP contribution in [0.2, 0.25) is 0 Å². The minimum atomic E-state index is -0.782. The Morgan fingerprint density at radius 2 is 1.76 bits per heavy atom. The molecule has 2 atom stereocenters. The summed E-state index contributed by atoms with van der Waals surface area (Å²) in [5, 5.41) is 12.1. The van der Waals surface area contributed by atoms with Crippen LogP contribution in [0, 0.1) is 5.92 Å². The van der Waals surface area contributed by atoms with Crippen molar-refractivity contribution in [2.75, 3.05) is 24.3 Å². The Hall–Kier alpha value is -1.71. The van der Waals surface area contributed by atoms with E-state index in [0.29, 0.717) is 0 Å². The van der Waals surface area contributed by atoms with Crippen LogP contribution in [0.4, 0.5) is 11.4 Å². The van der Waals surface area contributed by atoms with Crippen molar-refractivity contribution >= 4 is 17.3 Å². The molecule has 1 aromatic carbocycles. The summed E-state index contributed by atoms with van der Waals surface area (Å²) in [5.41, 5.74) is 2.06. The van der Waals surface area contributed by atoms with Crippen LogP contribution in [-0.2, 0) is 4.79 Å². The molecule has 1 rings (SSSR count). The summed E-state index contributed by atoms with van der Waals surface area (Å²) < 4.78 is 0. The highest BCUT2D eigenvalue weighted by molar-refractivity contribution is 5.71. The minimum absolute atomic E-state index is 0.0993. The summed E-state index contributed by atoms with van der Waals surface area (Å²) in [6, 6.07) is 7.82. The summed E-state index contributed by atoms with van der Waals surface area (Å²) in [7, 11) is 3.97. The molecule has 0 spiro atoms. The number of rotatable bonds is 5. The van der Waals surface area contributed by atoms with Gasteiger partial charge in [-0.25, -0.2) is 0 Å². The third-order valence-electron chi connectivity index (χ3n) is 2.92. The van der Waals surface area contributed by atoms with Gasteiger partial charge in [-0.1, -0.05) is 0 Å². The Morgan fingerprint density at radius 3 is 2.18 bits per heavy atom. The molecule has 0 saturated heterocycles. The normalized spacial score (nSPS) is 13.9. The maximum Gasteiger partial charge on any atom is 0.308 e. The fourth-order valence-corrected chi connectivity index (χ4v) is 1.46. The van der Waals surface area contributed by atoms with Crippen LogP contribution in [0.15, 0.2) is 24.3 Å². The second kappa shape index (κ2) is 5.57. The van der Waals surface area contributed by atoms with E-state index in [4.69, 9.17) is 5.11 Å². The molecule has 0 saturated carbocycles. The first kappa shape index (κ1) is 13.4. The highest BCUT2D eigenvalue weighted by atomic mass is 16.4. The first-order chi connectivity index (χ1) is 7.91. The van der Waals surface area contributed by atoms with Crippen LogP contribution in [0.5, 0.6) is 0 Å². The number of benzene rings is 1. The molecule has 0 amide bonds. The second-order valence-electron chi connectivity index (χ2n) is 4.50. The highest BCUT2D eigenvalue weighted by Crippen LogP contribution is 2.18. The van der Waals surface area contributed by atoms with Gasteiger partial charge in [0.1, 0.15) is 0 Å². The van der Waals surface area contributed by atoms with Crippen molar-refractivity contribution in [2.24, 2.45) is 5.92 Å². The lowest BCUT2D eigenvalue weighted by atomic mass is 10.0. The first-order valence-electron chi connectivity index (χ1n) is 5.68. The molecule has 0 aliphatic carbocycles. The Labute approximate surface area is 102 Å². The van der Waals surface area contributed by atoms with E-state index in [1.807, 2.05) is 50.2 Å². The van der Waals surface area contributed by atoms with E-state index in [-0.39, 0.29) is 6.04 Å². The molecule has 4 nitrogen and oxygen atoms in total. The number of anilines is 2. The number of nitrogens with zero attached hydrogens (tertiary/aromatic N) is 1. The maximum absolute atomic E-state index is 10.8. The maximum atomic E-state index is 10.8. The molecule has 0 radical (unpaired) electrons. The van der Waals surface area contributed by atoms with Crippen LogP contribution >= 0.6 is 0 Å². The molecular weight excluding hydrogens is 216 g/mol. The van der Waals surface area contributed by atoms with Crippen molar-refractivity contribution in [3.8, 4) is 0 Å². The Balaban J connectivity index is 2.66. The zero-order valence-electron chi connectivity index (χ0n) is 10.8. The van der Waals surface area contributed by atoms with Gasteiger partial charge in [0.25, 0.3) is 0 Å². The van der Waals surface area contributed by atoms with Gasteiger partial charge < -0.3 is 15.3 Å². The van der Waals surface area contributed by atoms with Gasteiger partial charge in [-0.15, -0.1) is 0 Å². The minimum Gasteiger partial charge on any atom is -0.481 e. The summed E-state index contributed by atoms with van der Waals surface area (Å²) in [6.07, 6.45) is 0. The molecule has 0 aromatic heterocycles. The van der Waals surface area contributed by atoms with Gasteiger partial charge in [0.2, 0.25) is 0 Å². The number of hydrogen-bond acceptors (Lipinski definition) is 3. The van der Waals surface area contributed by atoms with Gasteiger partial charge in [0.05, 0.1) is 5.92 Å². The molecule has 17 heavy (non-hydrogen) atoms. The molecular formula is C13H20N2O2. The van der Waals surface area contributed by atoms with Crippen molar-refractivity contribution in [1.29, 1.82) is 0 Å². The summed E-state index contributed by atoms with van der Waals surface area (Å²) >= 11 is 0. The van der Waals surface area contributed by atoms with Crippen LogP contribution in [0.1, 0.15) is 13.8 Å². The van der Waals surface area contributed by atoms with Gasteiger partial charge in [-0.3, -0.25) is 4.79 Å². The van der Waals surface area contributed by atoms with Crippen molar-refractivity contribution in [2.45, 2.75) is 19.9 Å². The Kier molecular flexibility index (Phi) is 4.37. The van der Waals surface area contributed by atoms with Gasteiger partial charge in [-0.2, -0.15) is 0 Å². The fourth-order valence-electron chi connectivity index (χ4n) is 1.46. The average molecular weight is 236 g/mol. The zero-order chi connectivity index (χ0) is 13.0. The molecule has 0 aliphatic heterocycles. The van der Waals surface area contributed by atoms with E-state index >= 15 is 0 Å². The average Bonchev–Trinajstić information content (AvgIpc) is 2.28. The lowest BCUT2D eigenvalue weighted by molar-refractivity contribution is -0.141. The third kappa shape index (κ3) is 3.66. The summed E-state index contributed by atoms with van der Waals surface area (Å²) in [6.45, 7) is 3.58. The fraction of sp³-hybridized carbons (Fsp3) is 0.462. The lowest BCUT2D eigenvalue weighted by Gasteiger charge is -2.20.